The topological polar surface area (TPSA) is 36.9 Å². The Kier molecular flexibility index (Phi) is 12.1. The average molecular weight is 523 g/mol. The Morgan fingerprint density at radius 3 is 1.03 bits per heavy atom. The van der Waals surface area contributed by atoms with Crippen LogP contribution in [0.15, 0.2) is 0 Å². The van der Waals surface area contributed by atoms with Crippen LogP contribution in [0, 0.1) is 0 Å². The summed E-state index contributed by atoms with van der Waals surface area (Å²) in [6, 6.07) is 0. The second-order valence-electron chi connectivity index (χ2n) is 12.9. The summed E-state index contributed by atoms with van der Waals surface area (Å²) >= 11 is 0. The molecule has 4 rings (SSSR count). The Labute approximate surface area is 224 Å². The van der Waals surface area contributed by atoms with E-state index < -0.39 is 20.1 Å². The smallest absolute Gasteiger partial charge is 0.342 e. The van der Waals surface area contributed by atoms with Crippen LogP contribution in [-0.2, 0) is 18.6 Å². The maximum absolute atomic E-state index is 7.34. The fourth-order valence-corrected chi connectivity index (χ4v) is 11.2. The minimum atomic E-state index is -2.54. The molecule has 3 saturated carbocycles. The van der Waals surface area contributed by atoms with Gasteiger partial charge in [0.05, 0.1) is 0 Å². The maximum Gasteiger partial charge on any atom is 0.342 e. The highest BCUT2D eigenvalue weighted by atomic mass is 28.4. The third-order valence-electron chi connectivity index (χ3n) is 9.70. The molecule has 0 unspecified atom stereocenters. The summed E-state index contributed by atoms with van der Waals surface area (Å²) in [6.07, 6.45) is 33.9. The van der Waals surface area contributed by atoms with Gasteiger partial charge in [-0.3, -0.25) is 0 Å². The zero-order valence-corrected chi connectivity index (χ0v) is 24.8. The lowest BCUT2D eigenvalue weighted by atomic mass is 9.97. The monoisotopic (exact) mass is 522 g/mol. The molecule has 4 fully saturated rings. The molecule has 2 spiro atoms. The second kappa shape index (κ2) is 15.0. The molecular weight excluding hydrogens is 464 g/mol. The molecule has 0 aromatic rings. The van der Waals surface area contributed by atoms with Crippen molar-refractivity contribution in [1.29, 1.82) is 0 Å². The maximum atomic E-state index is 7.34. The first-order chi connectivity index (χ1) is 17.6. The highest BCUT2D eigenvalue weighted by Crippen LogP contribution is 2.49. The van der Waals surface area contributed by atoms with E-state index in [0.717, 1.165) is 25.7 Å². The van der Waals surface area contributed by atoms with Gasteiger partial charge in [-0.1, -0.05) is 109 Å². The van der Waals surface area contributed by atoms with Crippen molar-refractivity contribution in [3.63, 3.8) is 0 Å². The second-order valence-corrected chi connectivity index (χ2v) is 16.2. The molecule has 0 atom stereocenters. The van der Waals surface area contributed by atoms with Crippen molar-refractivity contribution < 1.29 is 18.6 Å². The van der Waals surface area contributed by atoms with Crippen LogP contribution in [0.2, 0.25) is 12.1 Å². The molecule has 4 aliphatic rings. The molecule has 1 heterocycles. The van der Waals surface area contributed by atoms with Crippen molar-refractivity contribution in [3.05, 3.63) is 0 Å². The van der Waals surface area contributed by atoms with Gasteiger partial charge in [-0.15, -0.1) is 0 Å². The van der Waals surface area contributed by atoms with Crippen molar-refractivity contribution >= 4 is 8.56 Å². The highest BCUT2D eigenvalue weighted by molar-refractivity contribution is 6.67. The molecule has 0 aromatic heterocycles. The predicted octanol–water partition coefficient (Wildman–Crippen LogP) is 10.4. The van der Waals surface area contributed by atoms with E-state index in [9.17, 15) is 0 Å². The van der Waals surface area contributed by atoms with Gasteiger partial charge in [-0.2, -0.15) is 9.78 Å². The molecule has 3 aliphatic carbocycles. The quantitative estimate of drug-likeness (QED) is 0.253. The molecule has 4 nitrogen and oxygen atoms in total. The zero-order chi connectivity index (χ0) is 25.0. The van der Waals surface area contributed by atoms with Gasteiger partial charge in [0.1, 0.15) is 0 Å². The molecule has 1 aliphatic heterocycles. The summed E-state index contributed by atoms with van der Waals surface area (Å²) < 4.78 is 14.7. The number of hydrogen-bond acceptors (Lipinski definition) is 4. The highest BCUT2D eigenvalue weighted by Gasteiger charge is 2.56. The zero-order valence-electron chi connectivity index (χ0n) is 23.8. The Morgan fingerprint density at radius 2 is 0.694 bits per heavy atom. The molecule has 0 N–H and O–H groups in total. The van der Waals surface area contributed by atoms with Crippen LogP contribution in [0.1, 0.15) is 173 Å². The molecule has 0 amide bonds. The van der Waals surface area contributed by atoms with E-state index in [4.69, 9.17) is 18.6 Å². The van der Waals surface area contributed by atoms with Gasteiger partial charge >= 0.3 is 8.56 Å². The Bertz CT molecular complexity index is 541. The van der Waals surface area contributed by atoms with E-state index in [2.05, 4.69) is 6.55 Å². The lowest BCUT2D eigenvalue weighted by Crippen LogP contribution is -2.54. The Morgan fingerprint density at radius 1 is 0.417 bits per heavy atom. The minimum absolute atomic E-state index is 0.563. The molecule has 1 saturated heterocycles. The average Bonchev–Trinajstić information content (AvgIpc) is 3.00. The molecule has 0 radical (unpaired) electrons. The van der Waals surface area contributed by atoms with Gasteiger partial charge in [-0.05, 0) is 45.1 Å². The van der Waals surface area contributed by atoms with Gasteiger partial charge in [0.25, 0.3) is 0 Å². The van der Waals surface area contributed by atoms with E-state index in [-0.39, 0.29) is 0 Å². The minimum Gasteiger partial charge on any atom is -0.363 e. The summed E-state index contributed by atoms with van der Waals surface area (Å²) in [7, 11) is -2.54. The molecule has 0 bridgehead atoms. The van der Waals surface area contributed by atoms with Crippen molar-refractivity contribution in [2.45, 2.75) is 197 Å². The summed E-state index contributed by atoms with van der Waals surface area (Å²) in [6.45, 7) is 2.40. The van der Waals surface area contributed by atoms with Crippen LogP contribution in [-0.4, -0.2) is 20.1 Å². The van der Waals surface area contributed by atoms with Crippen molar-refractivity contribution in [1.82, 2.24) is 0 Å². The van der Waals surface area contributed by atoms with Gasteiger partial charge in [0.2, 0.25) is 0 Å². The first-order valence-corrected chi connectivity index (χ1v) is 18.8. The van der Waals surface area contributed by atoms with Crippen LogP contribution in [0.25, 0.3) is 0 Å². The molecular formula is C31H58O4Si. The number of hydrogen-bond donors (Lipinski definition) is 0. The summed E-state index contributed by atoms with van der Waals surface area (Å²) in [5.74, 6) is -1.21. The van der Waals surface area contributed by atoms with Crippen LogP contribution in [0.5, 0.6) is 0 Å². The fraction of sp³-hybridized carbons (Fsp3) is 1.00. The van der Waals surface area contributed by atoms with Crippen LogP contribution < -0.4 is 0 Å². The van der Waals surface area contributed by atoms with E-state index in [1.165, 1.54) is 148 Å². The van der Waals surface area contributed by atoms with Crippen LogP contribution in [0.3, 0.4) is 0 Å². The van der Waals surface area contributed by atoms with Crippen LogP contribution >= 0.6 is 0 Å². The first-order valence-electron chi connectivity index (χ1n) is 16.4. The molecule has 5 heteroatoms. The Hall–Kier alpha value is 0.0569. The summed E-state index contributed by atoms with van der Waals surface area (Å²) in [5, 5.41) is 0. The molecule has 36 heavy (non-hydrogen) atoms. The summed E-state index contributed by atoms with van der Waals surface area (Å²) in [4.78, 5) is 13.3. The van der Waals surface area contributed by atoms with Crippen LogP contribution in [0.4, 0.5) is 0 Å². The fourth-order valence-electron chi connectivity index (χ4n) is 7.41. The van der Waals surface area contributed by atoms with E-state index >= 15 is 0 Å². The van der Waals surface area contributed by atoms with Crippen molar-refractivity contribution in [3.8, 4) is 0 Å². The lowest BCUT2D eigenvalue weighted by Gasteiger charge is -2.43. The van der Waals surface area contributed by atoms with E-state index in [0.29, 0.717) is 5.54 Å². The van der Waals surface area contributed by atoms with Gasteiger partial charge in [-0.25, -0.2) is 0 Å². The van der Waals surface area contributed by atoms with E-state index in [1.54, 1.807) is 0 Å². The predicted molar refractivity (Wildman–Crippen MR) is 150 cm³/mol. The largest absolute Gasteiger partial charge is 0.363 e. The van der Waals surface area contributed by atoms with Crippen molar-refractivity contribution in [2.75, 3.05) is 0 Å². The lowest BCUT2D eigenvalue weighted by molar-refractivity contribution is -0.472. The molecule has 0 aromatic carbocycles. The first kappa shape index (κ1) is 29.0. The van der Waals surface area contributed by atoms with Gasteiger partial charge < -0.3 is 8.85 Å². The van der Waals surface area contributed by atoms with Crippen molar-refractivity contribution in [2.24, 2.45) is 0 Å². The standard InChI is InChI=1S/C31H58O4Si/c1-36(29-23-17-16-18-24-29)34-30(25-19-12-8-4-2-5-9-13-20-26-30)32-33-31(35-36)27-21-14-10-6-3-7-11-15-22-28-31/h29H,2-28H2,1H3. The SMILES string of the molecule is C[Si]1(C2CCCCC2)OC2(CCCCCCCCCCC2)OOC2(CCCCCCCCCCC2)O1. The van der Waals surface area contributed by atoms with Gasteiger partial charge in [0.15, 0.2) is 11.6 Å². The Balaban J connectivity index is 1.58. The molecule has 210 valence electrons. The van der Waals surface area contributed by atoms with E-state index in [1.807, 2.05) is 0 Å². The third-order valence-corrected chi connectivity index (χ3v) is 13.3. The normalized spacial score (nSPS) is 30.2. The summed E-state index contributed by atoms with van der Waals surface area (Å²) in [5.41, 5.74) is 0.563. The van der Waals surface area contributed by atoms with Gasteiger partial charge in [0, 0.05) is 31.2 Å². The third kappa shape index (κ3) is 8.79. The number of rotatable bonds is 1.